The van der Waals surface area contributed by atoms with Crippen molar-refractivity contribution in [3.05, 3.63) is 59.8 Å². The van der Waals surface area contributed by atoms with Gasteiger partial charge in [0.25, 0.3) is 0 Å². The van der Waals surface area contributed by atoms with Crippen LogP contribution >= 0.6 is 19.3 Å². The minimum Gasteiger partial charge on any atom is -1.00 e. The maximum atomic E-state index is 14.1. The van der Waals surface area contributed by atoms with Crippen LogP contribution < -0.4 is 163 Å². The number of benzene rings is 2. The van der Waals surface area contributed by atoms with Crippen LogP contribution in [0.2, 0.25) is 5.15 Å². The molecule has 0 saturated carbocycles. The van der Waals surface area contributed by atoms with Gasteiger partial charge in [0.15, 0.2) is 16.7 Å². The van der Waals surface area contributed by atoms with Gasteiger partial charge in [-0.1, -0.05) is 11.6 Å². The van der Waals surface area contributed by atoms with Crippen molar-refractivity contribution in [3.8, 4) is 22.7 Å². The Kier molecular flexibility index (Phi) is 15.7. The minimum atomic E-state index is -5.00. The summed E-state index contributed by atoms with van der Waals surface area (Å²) in [5, 5.41) is 0.0921. The first-order chi connectivity index (χ1) is 13.5. The summed E-state index contributed by atoms with van der Waals surface area (Å²) in [7, 11) is -8.07. The molecule has 0 bridgehead atoms. The monoisotopic (exact) mass is 581 g/mol. The van der Waals surface area contributed by atoms with Crippen LogP contribution in [0.4, 0.5) is 4.39 Å². The van der Waals surface area contributed by atoms with Gasteiger partial charge < -0.3 is 18.8 Å². The van der Waals surface area contributed by atoms with E-state index in [-0.39, 0.29) is 174 Å². The van der Waals surface area contributed by atoms with Crippen LogP contribution in [0.25, 0.3) is 16.9 Å². The molecule has 0 spiro atoms. The fourth-order valence-corrected chi connectivity index (χ4v) is 5.00. The molecule has 0 unspecified atom stereocenters. The van der Waals surface area contributed by atoms with E-state index in [4.69, 9.17) is 26.1 Å². The third-order valence-electron chi connectivity index (χ3n) is 3.81. The fourth-order valence-electron chi connectivity index (χ4n) is 2.59. The summed E-state index contributed by atoms with van der Waals surface area (Å²) in [6.07, 6.45) is 1.37. The van der Waals surface area contributed by atoms with Crippen LogP contribution in [0, 0.1) is 5.82 Å². The number of nitrogens with one attached hydrogen (secondary N) is 1. The number of aromatic nitrogens is 2. The molecular weight excluding hydrogens is 565 g/mol. The summed E-state index contributed by atoms with van der Waals surface area (Å²) in [6.45, 7) is 0. The van der Waals surface area contributed by atoms with E-state index in [1.165, 1.54) is 46.8 Å². The SMILES string of the molecule is COc1ccc(-c2c(Cl)ncn2-c2ccc(S(=O)(=O)NP(=O)(O)O)cc2)cc1F.[H-].[H-].[H-].[K+].[K+].[K+]. The molecule has 2 aromatic carbocycles. The molecule has 9 nitrogen and oxygen atoms in total. The zero-order chi connectivity index (χ0) is 21.4. The van der Waals surface area contributed by atoms with Crippen molar-refractivity contribution in [2.45, 2.75) is 4.90 Å². The predicted molar refractivity (Wildman–Crippen MR) is 106 cm³/mol. The van der Waals surface area contributed by atoms with E-state index in [1.54, 1.807) is 6.07 Å². The smallest absolute Gasteiger partial charge is 1.00 e. The quantitative estimate of drug-likeness (QED) is 0.195. The van der Waals surface area contributed by atoms with Gasteiger partial charge in [-0.25, -0.2) is 22.4 Å². The Hall–Kier alpha value is 2.64. The molecule has 3 rings (SSSR count). The van der Waals surface area contributed by atoms with E-state index in [9.17, 15) is 17.4 Å². The largest absolute Gasteiger partial charge is 1.00 e. The zero-order valence-corrected chi connectivity index (χ0v) is 29.5. The molecule has 1 aromatic heterocycles. The Balaban J connectivity index is -0.000000801. The van der Waals surface area contributed by atoms with Gasteiger partial charge in [-0.3, -0.25) is 4.57 Å². The van der Waals surface area contributed by atoms with Crippen LogP contribution in [0.3, 0.4) is 0 Å². The number of sulfonamides is 1. The topological polar surface area (TPSA) is 131 Å². The molecule has 16 heteroatoms. The molecule has 0 fully saturated rings. The van der Waals surface area contributed by atoms with Crippen molar-refractivity contribution in [1.82, 2.24) is 14.0 Å². The molecule has 32 heavy (non-hydrogen) atoms. The summed E-state index contributed by atoms with van der Waals surface area (Å²) in [5.41, 5.74) is 1.20. The van der Waals surface area contributed by atoms with E-state index in [0.717, 1.165) is 12.1 Å². The number of hydrogen-bond acceptors (Lipinski definition) is 5. The fraction of sp³-hybridized carbons (Fsp3) is 0.0625. The molecule has 0 atom stereocenters. The standard InChI is InChI=1S/C16H14ClFN3O6PS.3K.3H/c1-27-14-7-2-10(8-13(14)18)15-16(17)19-9-21(15)11-3-5-12(6-4-11)29(25,26)20-28(22,23)24;;;;;;/h2-9H,1H3,(H3,20,22,23,24);;;;;;/q;3*+1;3*-1. The van der Waals surface area contributed by atoms with Gasteiger partial charge in [0.05, 0.1) is 17.7 Å². The van der Waals surface area contributed by atoms with E-state index >= 15 is 0 Å². The Labute approximate surface area is 321 Å². The number of nitrogens with zero attached hydrogens (tertiary/aromatic N) is 2. The average Bonchev–Trinajstić information content (AvgIpc) is 3.01. The van der Waals surface area contributed by atoms with E-state index in [1.807, 2.05) is 0 Å². The van der Waals surface area contributed by atoms with Crippen molar-refractivity contribution in [1.29, 1.82) is 0 Å². The van der Waals surface area contributed by atoms with Crippen LogP contribution in [-0.2, 0) is 14.6 Å². The van der Waals surface area contributed by atoms with Gasteiger partial charge in [-0.15, -0.1) is 4.49 Å². The van der Waals surface area contributed by atoms with Gasteiger partial charge >= 0.3 is 162 Å². The number of imidazole rings is 1. The van der Waals surface area contributed by atoms with Crippen LogP contribution in [-0.4, -0.2) is 34.9 Å². The molecule has 3 aromatic rings. The van der Waals surface area contributed by atoms with Crippen LogP contribution in [0.1, 0.15) is 4.28 Å². The Morgan fingerprint density at radius 1 is 1.16 bits per heavy atom. The summed E-state index contributed by atoms with van der Waals surface area (Å²) >= 11 is 6.15. The van der Waals surface area contributed by atoms with Crippen molar-refractivity contribution in [3.63, 3.8) is 0 Å². The summed E-state index contributed by atoms with van der Waals surface area (Å²) < 4.78 is 56.7. The van der Waals surface area contributed by atoms with Gasteiger partial charge in [0.1, 0.15) is 6.33 Å². The maximum absolute atomic E-state index is 14.1. The third kappa shape index (κ3) is 8.89. The minimum absolute atomic E-state index is 0. The van der Waals surface area contributed by atoms with Crippen LogP contribution in [0.15, 0.2) is 53.7 Å². The van der Waals surface area contributed by atoms with Crippen molar-refractivity contribution in [2.24, 2.45) is 0 Å². The average molecular weight is 582 g/mol. The molecule has 1 heterocycles. The zero-order valence-electron chi connectivity index (χ0n) is 20.7. The van der Waals surface area contributed by atoms with Crippen molar-refractivity contribution in [2.75, 3.05) is 7.11 Å². The molecule has 0 aliphatic rings. The summed E-state index contributed by atoms with van der Waals surface area (Å²) in [4.78, 5) is 21.3. The molecule has 0 amide bonds. The molecule has 0 aliphatic carbocycles. The third-order valence-corrected chi connectivity index (χ3v) is 6.89. The summed E-state index contributed by atoms with van der Waals surface area (Å²) in [6, 6.07) is 9.32. The Morgan fingerprint density at radius 3 is 2.25 bits per heavy atom. The first kappa shape index (κ1) is 34.6. The second-order valence-corrected chi connectivity index (χ2v) is 9.39. The van der Waals surface area contributed by atoms with E-state index in [0.29, 0.717) is 16.9 Å². The normalized spacial score (nSPS) is 11.0. The van der Waals surface area contributed by atoms with Gasteiger partial charge in [-0.2, -0.15) is 0 Å². The number of halogens is 2. The van der Waals surface area contributed by atoms with Gasteiger partial charge in [-0.05, 0) is 42.5 Å². The van der Waals surface area contributed by atoms with Crippen molar-refractivity contribution < 1.29 is 190 Å². The first-order valence-electron chi connectivity index (χ1n) is 7.78. The van der Waals surface area contributed by atoms with Gasteiger partial charge in [0.2, 0.25) is 10.0 Å². The van der Waals surface area contributed by atoms with E-state index < -0.39 is 23.6 Å². The second kappa shape index (κ2) is 14.5. The molecule has 160 valence electrons. The van der Waals surface area contributed by atoms with Crippen LogP contribution in [0.5, 0.6) is 5.75 Å². The molecule has 0 aliphatic heterocycles. The number of hydrogen-bond donors (Lipinski definition) is 3. The number of rotatable bonds is 6. The Bertz CT molecular complexity index is 1240. The second-order valence-electron chi connectivity index (χ2n) is 5.74. The first-order valence-corrected chi connectivity index (χ1v) is 11.3. The van der Waals surface area contributed by atoms with Crippen molar-refractivity contribution >= 4 is 29.4 Å². The summed E-state index contributed by atoms with van der Waals surface area (Å²) in [5.74, 6) is -0.540. The molecule has 3 N–H and O–H groups in total. The van der Waals surface area contributed by atoms with E-state index in [2.05, 4.69) is 4.98 Å². The number of ether oxygens (including phenoxy) is 1. The molecule has 0 radical (unpaired) electrons. The maximum Gasteiger partial charge on any atom is 1.00 e. The Morgan fingerprint density at radius 2 is 1.75 bits per heavy atom. The van der Waals surface area contributed by atoms with Gasteiger partial charge in [0, 0.05) is 11.3 Å². The molecule has 0 saturated heterocycles. The predicted octanol–water partition coefficient (Wildman–Crippen LogP) is -5.94. The number of methoxy groups -OCH3 is 1. The molecular formula is C16H17ClFK3N3O6PS.